The SMILES string of the molecule is CCOC(=O)CC1CCC(NP)CC1. The molecule has 0 aromatic heterocycles. The maximum Gasteiger partial charge on any atom is 0.306 e. The van der Waals surface area contributed by atoms with E-state index in [1.54, 1.807) is 0 Å². The van der Waals surface area contributed by atoms with Crippen LogP contribution in [-0.4, -0.2) is 18.6 Å². The summed E-state index contributed by atoms with van der Waals surface area (Å²) in [4.78, 5) is 11.2. The molecule has 1 aliphatic rings. The Morgan fingerprint density at radius 3 is 2.57 bits per heavy atom. The van der Waals surface area contributed by atoms with Gasteiger partial charge in [0, 0.05) is 12.5 Å². The summed E-state index contributed by atoms with van der Waals surface area (Å²) < 4.78 is 4.94. The minimum atomic E-state index is -0.0326. The smallest absolute Gasteiger partial charge is 0.306 e. The van der Waals surface area contributed by atoms with Crippen LogP contribution in [0.1, 0.15) is 39.0 Å². The van der Waals surface area contributed by atoms with Crippen molar-refractivity contribution in [3.05, 3.63) is 0 Å². The topological polar surface area (TPSA) is 38.3 Å². The van der Waals surface area contributed by atoms with Crippen molar-refractivity contribution in [2.45, 2.75) is 45.1 Å². The molecule has 0 saturated heterocycles. The fourth-order valence-corrected chi connectivity index (χ4v) is 2.32. The van der Waals surface area contributed by atoms with Gasteiger partial charge in [0.15, 0.2) is 0 Å². The second kappa shape index (κ2) is 6.36. The summed E-state index contributed by atoms with van der Waals surface area (Å²) in [6.07, 6.45) is 5.24. The second-order valence-electron chi connectivity index (χ2n) is 3.89. The first kappa shape index (κ1) is 11.9. The molecule has 0 aromatic carbocycles. The van der Waals surface area contributed by atoms with Crippen LogP contribution in [0, 0.1) is 5.92 Å². The second-order valence-corrected chi connectivity index (χ2v) is 4.23. The molecular formula is C10H20NO2P. The highest BCUT2D eigenvalue weighted by atomic mass is 31.0. The molecule has 82 valence electrons. The molecule has 4 heteroatoms. The first-order valence-corrected chi connectivity index (χ1v) is 5.95. The minimum Gasteiger partial charge on any atom is -0.466 e. The first-order valence-electron chi connectivity index (χ1n) is 5.38. The Kier molecular flexibility index (Phi) is 5.42. The molecule has 3 nitrogen and oxygen atoms in total. The van der Waals surface area contributed by atoms with E-state index >= 15 is 0 Å². The zero-order valence-electron chi connectivity index (χ0n) is 8.79. The van der Waals surface area contributed by atoms with Gasteiger partial charge in [0.1, 0.15) is 0 Å². The van der Waals surface area contributed by atoms with Crippen molar-refractivity contribution in [2.24, 2.45) is 5.92 Å². The Labute approximate surface area is 88.2 Å². The van der Waals surface area contributed by atoms with Crippen LogP contribution in [0.15, 0.2) is 0 Å². The molecule has 14 heavy (non-hydrogen) atoms. The van der Waals surface area contributed by atoms with Crippen molar-refractivity contribution >= 4 is 15.4 Å². The van der Waals surface area contributed by atoms with E-state index in [2.05, 4.69) is 14.5 Å². The maximum absolute atomic E-state index is 11.2. The largest absolute Gasteiger partial charge is 0.466 e. The van der Waals surface area contributed by atoms with Crippen molar-refractivity contribution in [1.82, 2.24) is 5.09 Å². The summed E-state index contributed by atoms with van der Waals surface area (Å²) in [6.45, 7) is 2.36. The highest BCUT2D eigenvalue weighted by Crippen LogP contribution is 2.27. The minimum absolute atomic E-state index is 0.0326. The summed E-state index contributed by atoms with van der Waals surface area (Å²) in [5.74, 6) is 0.512. The predicted octanol–water partition coefficient (Wildman–Crippen LogP) is 1.88. The molecule has 0 amide bonds. The van der Waals surface area contributed by atoms with Gasteiger partial charge in [-0.25, -0.2) is 0 Å². The van der Waals surface area contributed by atoms with Crippen LogP contribution in [0.2, 0.25) is 0 Å². The molecule has 0 spiro atoms. The Hall–Kier alpha value is -0.140. The standard InChI is InChI=1S/C10H20NO2P/c1-2-13-10(12)7-8-3-5-9(11-14)6-4-8/h8-9,11H,2-7,14H2,1H3. The van der Waals surface area contributed by atoms with Crippen molar-refractivity contribution < 1.29 is 9.53 Å². The van der Waals surface area contributed by atoms with Crippen LogP contribution < -0.4 is 5.09 Å². The number of carbonyl (C=O) groups is 1. The molecule has 1 unspecified atom stereocenters. The number of carbonyl (C=O) groups excluding carboxylic acids is 1. The van der Waals surface area contributed by atoms with E-state index in [9.17, 15) is 4.79 Å². The molecule has 1 fully saturated rings. The molecule has 1 saturated carbocycles. The van der Waals surface area contributed by atoms with Crippen molar-refractivity contribution in [3.8, 4) is 0 Å². The average Bonchev–Trinajstić information content (AvgIpc) is 2.19. The lowest BCUT2D eigenvalue weighted by molar-refractivity contribution is -0.144. The number of rotatable bonds is 4. The van der Waals surface area contributed by atoms with E-state index < -0.39 is 0 Å². The Morgan fingerprint density at radius 1 is 1.43 bits per heavy atom. The molecule has 1 N–H and O–H groups in total. The lowest BCUT2D eigenvalue weighted by Gasteiger charge is -2.27. The Bertz CT molecular complexity index is 179. The van der Waals surface area contributed by atoms with Gasteiger partial charge < -0.3 is 4.74 Å². The highest BCUT2D eigenvalue weighted by molar-refractivity contribution is 7.13. The lowest BCUT2D eigenvalue weighted by atomic mass is 9.84. The van der Waals surface area contributed by atoms with Crippen LogP contribution >= 0.6 is 9.39 Å². The lowest BCUT2D eigenvalue weighted by Crippen LogP contribution is -2.27. The number of hydrogen-bond acceptors (Lipinski definition) is 3. The highest BCUT2D eigenvalue weighted by Gasteiger charge is 2.22. The summed E-state index contributed by atoms with van der Waals surface area (Å²) in [7, 11) is 2.57. The van der Waals surface area contributed by atoms with Crippen molar-refractivity contribution in [1.29, 1.82) is 0 Å². The predicted molar refractivity (Wildman–Crippen MR) is 59.8 cm³/mol. The quantitative estimate of drug-likeness (QED) is 0.577. The van der Waals surface area contributed by atoms with E-state index in [0.29, 0.717) is 25.0 Å². The molecule has 1 rings (SSSR count). The van der Waals surface area contributed by atoms with Gasteiger partial charge in [-0.1, -0.05) is 9.39 Å². The molecule has 0 heterocycles. The fourth-order valence-electron chi connectivity index (χ4n) is 1.99. The van der Waals surface area contributed by atoms with Crippen LogP contribution in [-0.2, 0) is 9.53 Å². The van der Waals surface area contributed by atoms with E-state index in [1.165, 1.54) is 12.8 Å². The van der Waals surface area contributed by atoms with Crippen LogP contribution in [0.25, 0.3) is 0 Å². The molecular weight excluding hydrogens is 197 g/mol. The van der Waals surface area contributed by atoms with Gasteiger partial charge >= 0.3 is 5.97 Å². The van der Waals surface area contributed by atoms with Gasteiger partial charge in [-0.3, -0.25) is 9.88 Å². The number of nitrogens with one attached hydrogen (secondary N) is 1. The molecule has 1 aliphatic carbocycles. The van der Waals surface area contributed by atoms with Gasteiger partial charge in [-0.15, -0.1) is 0 Å². The zero-order chi connectivity index (χ0) is 10.4. The third kappa shape index (κ3) is 3.93. The molecule has 1 atom stereocenters. The van der Waals surface area contributed by atoms with Crippen LogP contribution in [0.3, 0.4) is 0 Å². The third-order valence-corrected chi connectivity index (χ3v) is 3.31. The third-order valence-electron chi connectivity index (χ3n) is 2.84. The van der Waals surface area contributed by atoms with Crippen molar-refractivity contribution in [2.75, 3.05) is 6.61 Å². The number of esters is 1. The Morgan fingerprint density at radius 2 is 2.07 bits per heavy atom. The van der Waals surface area contributed by atoms with Gasteiger partial charge in [0.05, 0.1) is 6.61 Å². The fraction of sp³-hybridized carbons (Fsp3) is 0.900. The normalized spacial score (nSPS) is 27.3. The molecule has 0 aromatic rings. The number of ether oxygens (including phenoxy) is 1. The van der Waals surface area contributed by atoms with E-state index in [-0.39, 0.29) is 5.97 Å². The summed E-state index contributed by atoms with van der Waals surface area (Å²) in [6, 6.07) is 0.624. The van der Waals surface area contributed by atoms with Crippen molar-refractivity contribution in [3.63, 3.8) is 0 Å². The Balaban J connectivity index is 2.18. The molecule has 0 radical (unpaired) electrons. The van der Waals surface area contributed by atoms with E-state index in [1.807, 2.05) is 6.92 Å². The van der Waals surface area contributed by atoms with Gasteiger partial charge in [-0.05, 0) is 38.5 Å². The van der Waals surface area contributed by atoms with Gasteiger partial charge in [-0.2, -0.15) is 0 Å². The van der Waals surface area contributed by atoms with Crippen LogP contribution in [0.5, 0.6) is 0 Å². The van der Waals surface area contributed by atoms with E-state index in [0.717, 1.165) is 12.8 Å². The molecule has 0 bridgehead atoms. The maximum atomic E-state index is 11.2. The van der Waals surface area contributed by atoms with E-state index in [4.69, 9.17) is 4.74 Å². The summed E-state index contributed by atoms with van der Waals surface area (Å²) in [5, 5.41) is 3.20. The average molecular weight is 217 g/mol. The summed E-state index contributed by atoms with van der Waals surface area (Å²) >= 11 is 0. The van der Waals surface area contributed by atoms with Gasteiger partial charge in [0.2, 0.25) is 0 Å². The van der Waals surface area contributed by atoms with Crippen LogP contribution in [0.4, 0.5) is 0 Å². The molecule has 0 aliphatic heterocycles. The summed E-state index contributed by atoms with van der Waals surface area (Å²) in [5.41, 5.74) is 0. The first-order chi connectivity index (χ1) is 6.76. The number of hydrogen-bond donors (Lipinski definition) is 1. The van der Waals surface area contributed by atoms with Gasteiger partial charge in [0.25, 0.3) is 0 Å². The monoisotopic (exact) mass is 217 g/mol. The zero-order valence-corrected chi connectivity index (χ0v) is 9.95.